The fourth-order valence-corrected chi connectivity index (χ4v) is 2.24. The number of morpholine rings is 1. The maximum atomic E-state index is 5.48. The average molecular weight is 142 g/mol. The van der Waals surface area contributed by atoms with Gasteiger partial charge in [-0.3, -0.25) is 0 Å². The van der Waals surface area contributed by atoms with Crippen molar-refractivity contribution in [2.75, 3.05) is 27.3 Å². The Morgan fingerprint density at radius 2 is 1.60 bits per heavy atom. The maximum absolute atomic E-state index is 5.48. The molecule has 0 N–H and O–H groups in total. The van der Waals surface area contributed by atoms with Crippen LogP contribution in [0.3, 0.4) is 0 Å². The molecule has 2 unspecified atom stereocenters. The fourth-order valence-electron chi connectivity index (χ4n) is 2.24. The Balaban J connectivity index is 2.21. The normalized spacial score (nSPS) is 43.8. The summed E-state index contributed by atoms with van der Waals surface area (Å²) >= 11 is 0. The monoisotopic (exact) mass is 142 g/mol. The second-order valence-corrected chi connectivity index (χ2v) is 4.05. The number of hydrogen-bond acceptors (Lipinski definition) is 1. The van der Waals surface area contributed by atoms with Crippen LogP contribution in [0.4, 0.5) is 0 Å². The molecule has 2 bridgehead atoms. The minimum Gasteiger partial charge on any atom is -0.369 e. The van der Waals surface area contributed by atoms with E-state index in [1.807, 2.05) is 0 Å². The van der Waals surface area contributed by atoms with Crippen molar-refractivity contribution in [3.63, 3.8) is 0 Å². The van der Waals surface area contributed by atoms with Crippen molar-refractivity contribution < 1.29 is 9.22 Å². The summed E-state index contributed by atoms with van der Waals surface area (Å²) in [7, 11) is 4.68. The lowest BCUT2D eigenvalue weighted by atomic mass is 10.2. The molecule has 0 spiro atoms. The molecule has 58 valence electrons. The Bertz CT molecular complexity index is 126. The summed E-state index contributed by atoms with van der Waals surface area (Å²) < 4.78 is 6.68. The number of hydrogen-bond donors (Lipinski definition) is 0. The summed E-state index contributed by atoms with van der Waals surface area (Å²) in [6, 6.07) is 1.58. The lowest BCUT2D eigenvalue weighted by molar-refractivity contribution is -0.933. The Labute approximate surface area is 62.4 Å². The van der Waals surface area contributed by atoms with Crippen LogP contribution < -0.4 is 0 Å². The van der Waals surface area contributed by atoms with E-state index in [1.54, 1.807) is 0 Å². The van der Waals surface area contributed by atoms with Crippen molar-refractivity contribution in [2.24, 2.45) is 0 Å². The van der Waals surface area contributed by atoms with Gasteiger partial charge in [-0.15, -0.1) is 0 Å². The number of likely N-dealkylation sites (N-methyl/N-ethyl adjacent to an activating group) is 1. The molecular formula is C8H16NO+. The van der Waals surface area contributed by atoms with Crippen molar-refractivity contribution in [2.45, 2.75) is 24.9 Å². The first kappa shape index (κ1) is 6.62. The number of ether oxygens (including phenoxy) is 1. The van der Waals surface area contributed by atoms with E-state index < -0.39 is 0 Å². The molecule has 2 nitrogen and oxygen atoms in total. The molecule has 0 aromatic carbocycles. The van der Waals surface area contributed by atoms with Crippen LogP contribution in [0.15, 0.2) is 0 Å². The van der Waals surface area contributed by atoms with E-state index >= 15 is 0 Å². The molecule has 2 saturated heterocycles. The molecule has 2 atom stereocenters. The minimum atomic E-state index is 0.791. The van der Waals surface area contributed by atoms with Crippen LogP contribution >= 0.6 is 0 Å². The van der Waals surface area contributed by atoms with Crippen LogP contribution in [0.25, 0.3) is 0 Å². The molecule has 0 radical (unpaired) electrons. The average Bonchev–Trinajstić information content (AvgIpc) is 2.17. The molecule has 2 heteroatoms. The highest BCUT2D eigenvalue weighted by Gasteiger charge is 2.46. The predicted octanol–water partition coefficient (Wildman–Crippen LogP) is 0.624. The van der Waals surface area contributed by atoms with Gasteiger partial charge in [0.15, 0.2) is 0 Å². The van der Waals surface area contributed by atoms with E-state index in [0.717, 1.165) is 25.3 Å². The second kappa shape index (κ2) is 1.95. The van der Waals surface area contributed by atoms with Crippen molar-refractivity contribution in [1.82, 2.24) is 0 Å². The van der Waals surface area contributed by atoms with Gasteiger partial charge in [-0.25, -0.2) is 0 Å². The van der Waals surface area contributed by atoms with E-state index in [1.165, 1.54) is 17.3 Å². The summed E-state index contributed by atoms with van der Waals surface area (Å²) in [5.41, 5.74) is 0. The van der Waals surface area contributed by atoms with Crippen LogP contribution in [0, 0.1) is 0 Å². The van der Waals surface area contributed by atoms with Gasteiger partial charge in [0.1, 0.15) is 12.1 Å². The van der Waals surface area contributed by atoms with Gasteiger partial charge in [0, 0.05) is 12.8 Å². The SMILES string of the molecule is C[N+]1(C)C2CCC1COC2. The van der Waals surface area contributed by atoms with Crippen LogP contribution in [-0.4, -0.2) is 43.9 Å². The van der Waals surface area contributed by atoms with E-state index in [4.69, 9.17) is 4.74 Å². The fraction of sp³-hybridized carbons (Fsp3) is 1.00. The third-order valence-electron chi connectivity index (χ3n) is 3.34. The zero-order chi connectivity index (χ0) is 7.19. The Hall–Kier alpha value is -0.0800. The Morgan fingerprint density at radius 3 is 2.00 bits per heavy atom. The standard InChI is InChI=1S/C8H16NO/c1-9(2)7-3-4-8(9)6-10-5-7/h7-8H,3-6H2,1-2H3/q+1. The minimum absolute atomic E-state index is 0.791. The highest BCUT2D eigenvalue weighted by molar-refractivity contribution is 4.77. The molecule has 0 aromatic rings. The summed E-state index contributed by atoms with van der Waals surface area (Å²) in [5, 5.41) is 0. The Morgan fingerprint density at radius 1 is 1.10 bits per heavy atom. The first-order valence-electron chi connectivity index (χ1n) is 4.12. The molecule has 0 aliphatic carbocycles. The summed E-state index contributed by atoms with van der Waals surface area (Å²) in [6.07, 6.45) is 2.75. The highest BCUT2D eigenvalue weighted by Crippen LogP contribution is 2.32. The summed E-state index contributed by atoms with van der Waals surface area (Å²) in [5.74, 6) is 0. The van der Waals surface area contributed by atoms with Gasteiger partial charge >= 0.3 is 0 Å². The molecule has 0 amide bonds. The van der Waals surface area contributed by atoms with Crippen LogP contribution in [0.5, 0.6) is 0 Å². The smallest absolute Gasteiger partial charge is 0.113 e. The van der Waals surface area contributed by atoms with E-state index in [9.17, 15) is 0 Å². The second-order valence-electron chi connectivity index (χ2n) is 4.05. The van der Waals surface area contributed by atoms with Crippen LogP contribution in [0.2, 0.25) is 0 Å². The van der Waals surface area contributed by atoms with Crippen molar-refractivity contribution in [1.29, 1.82) is 0 Å². The van der Waals surface area contributed by atoms with Gasteiger partial charge in [-0.2, -0.15) is 0 Å². The van der Waals surface area contributed by atoms with Gasteiger partial charge < -0.3 is 9.22 Å². The van der Waals surface area contributed by atoms with E-state index in [0.29, 0.717) is 0 Å². The van der Waals surface area contributed by atoms with E-state index in [-0.39, 0.29) is 0 Å². The largest absolute Gasteiger partial charge is 0.369 e. The predicted molar refractivity (Wildman–Crippen MR) is 39.7 cm³/mol. The third kappa shape index (κ3) is 0.722. The molecular weight excluding hydrogens is 126 g/mol. The van der Waals surface area contributed by atoms with Gasteiger partial charge in [0.2, 0.25) is 0 Å². The van der Waals surface area contributed by atoms with Crippen molar-refractivity contribution in [3.05, 3.63) is 0 Å². The summed E-state index contributed by atoms with van der Waals surface area (Å²) in [4.78, 5) is 0. The van der Waals surface area contributed by atoms with Gasteiger partial charge in [0.05, 0.1) is 27.3 Å². The number of nitrogens with zero attached hydrogens (tertiary/aromatic N) is 1. The van der Waals surface area contributed by atoms with Crippen LogP contribution in [-0.2, 0) is 4.74 Å². The topological polar surface area (TPSA) is 9.23 Å². The van der Waals surface area contributed by atoms with Crippen LogP contribution in [0.1, 0.15) is 12.8 Å². The molecule has 2 aliphatic heterocycles. The summed E-state index contributed by atoms with van der Waals surface area (Å²) in [6.45, 7) is 1.98. The Kier molecular flexibility index (Phi) is 1.29. The quantitative estimate of drug-likeness (QED) is 0.451. The van der Waals surface area contributed by atoms with E-state index in [2.05, 4.69) is 14.1 Å². The first-order chi connectivity index (χ1) is 4.71. The van der Waals surface area contributed by atoms with Gasteiger partial charge in [0.25, 0.3) is 0 Å². The first-order valence-corrected chi connectivity index (χ1v) is 4.12. The van der Waals surface area contributed by atoms with Crippen molar-refractivity contribution in [3.8, 4) is 0 Å². The lowest BCUT2D eigenvalue weighted by Gasteiger charge is -2.40. The molecule has 10 heavy (non-hydrogen) atoms. The molecule has 2 rings (SSSR count). The number of quaternary nitrogens is 1. The van der Waals surface area contributed by atoms with Gasteiger partial charge in [-0.05, 0) is 0 Å². The maximum Gasteiger partial charge on any atom is 0.113 e. The number of rotatable bonds is 0. The molecule has 0 saturated carbocycles. The molecule has 0 aromatic heterocycles. The van der Waals surface area contributed by atoms with Crippen molar-refractivity contribution >= 4 is 0 Å². The lowest BCUT2D eigenvalue weighted by Crippen LogP contribution is -2.56. The molecule has 2 aliphatic rings. The van der Waals surface area contributed by atoms with Gasteiger partial charge in [-0.1, -0.05) is 0 Å². The molecule has 2 heterocycles. The zero-order valence-corrected chi connectivity index (χ0v) is 6.84. The zero-order valence-electron chi connectivity index (χ0n) is 6.84. The third-order valence-corrected chi connectivity index (χ3v) is 3.34. The molecule has 2 fully saturated rings. The number of fused-ring (bicyclic) bond motifs is 2. The highest BCUT2D eigenvalue weighted by atomic mass is 16.5.